The van der Waals surface area contributed by atoms with Crippen molar-refractivity contribution in [3.63, 3.8) is 0 Å². The average molecular weight is 208 g/mol. The van der Waals surface area contributed by atoms with Crippen LogP contribution >= 0.6 is 11.3 Å². The minimum absolute atomic E-state index is 0.339. The van der Waals surface area contributed by atoms with Gasteiger partial charge in [-0.05, 0) is 42.2 Å². The molecule has 2 rings (SSSR count). The molecule has 1 atom stereocenters. The summed E-state index contributed by atoms with van der Waals surface area (Å²) in [6.45, 7) is 9.31. The van der Waals surface area contributed by atoms with E-state index in [2.05, 4.69) is 33.8 Å². The van der Waals surface area contributed by atoms with Gasteiger partial charge in [-0.2, -0.15) is 0 Å². The van der Waals surface area contributed by atoms with Gasteiger partial charge in [0.2, 0.25) is 0 Å². The topological polar surface area (TPSA) is 0 Å². The molecule has 78 valence electrons. The van der Waals surface area contributed by atoms with Crippen LogP contribution in [0.5, 0.6) is 0 Å². The second kappa shape index (κ2) is 3.37. The van der Waals surface area contributed by atoms with Crippen molar-refractivity contribution in [2.75, 3.05) is 0 Å². The number of fused-ring (bicyclic) bond motifs is 1. The molecule has 0 N–H and O–H groups in total. The van der Waals surface area contributed by atoms with Gasteiger partial charge in [-0.25, -0.2) is 0 Å². The lowest BCUT2D eigenvalue weighted by atomic mass is 9.88. The van der Waals surface area contributed by atoms with Crippen LogP contribution in [-0.2, 0) is 18.3 Å². The third-order valence-corrected chi connectivity index (χ3v) is 4.73. The number of hydrogen-bond acceptors (Lipinski definition) is 1. The van der Waals surface area contributed by atoms with Gasteiger partial charge in [0.05, 0.1) is 0 Å². The van der Waals surface area contributed by atoms with Gasteiger partial charge in [-0.3, -0.25) is 0 Å². The van der Waals surface area contributed by atoms with E-state index >= 15 is 0 Å². The van der Waals surface area contributed by atoms with Crippen LogP contribution in [0.4, 0.5) is 0 Å². The first-order valence-electron chi connectivity index (χ1n) is 5.59. The van der Waals surface area contributed by atoms with Crippen molar-refractivity contribution in [3.05, 3.63) is 21.4 Å². The van der Waals surface area contributed by atoms with Crippen LogP contribution in [0, 0.1) is 5.92 Å². The summed E-state index contributed by atoms with van der Waals surface area (Å²) in [5.74, 6) is 0.893. The maximum atomic E-state index is 2.45. The van der Waals surface area contributed by atoms with Crippen molar-refractivity contribution in [2.24, 2.45) is 5.92 Å². The first kappa shape index (κ1) is 10.2. The van der Waals surface area contributed by atoms with E-state index in [1.54, 1.807) is 15.3 Å². The van der Waals surface area contributed by atoms with Crippen LogP contribution in [-0.4, -0.2) is 0 Å². The van der Waals surface area contributed by atoms with Crippen molar-refractivity contribution < 1.29 is 0 Å². The normalized spacial score (nSPS) is 22.1. The molecule has 1 aromatic rings. The molecule has 1 heterocycles. The van der Waals surface area contributed by atoms with Gasteiger partial charge in [0, 0.05) is 9.75 Å². The Morgan fingerprint density at radius 3 is 2.71 bits per heavy atom. The summed E-state index contributed by atoms with van der Waals surface area (Å²) < 4.78 is 0. The highest BCUT2D eigenvalue weighted by Gasteiger charge is 2.22. The molecule has 0 spiro atoms. The summed E-state index contributed by atoms with van der Waals surface area (Å²) in [5.41, 5.74) is 1.98. The van der Waals surface area contributed by atoms with Gasteiger partial charge in [-0.1, -0.05) is 27.7 Å². The minimum atomic E-state index is 0.339. The Morgan fingerprint density at radius 2 is 2.07 bits per heavy atom. The van der Waals surface area contributed by atoms with Crippen molar-refractivity contribution in [1.82, 2.24) is 0 Å². The van der Waals surface area contributed by atoms with Crippen LogP contribution in [0.15, 0.2) is 6.07 Å². The molecule has 0 aromatic carbocycles. The summed E-state index contributed by atoms with van der Waals surface area (Å²) in [4.78, 5) is 3.23. The molecule has 0 fully saturated rings. The highest BCUT2D eigenvalue weighted by atomic mass is 32.1. The van der Waals surface area contributed by atoms with Crippen LogP contribution in [0.3, 0.4) is 0 Å². The minimum Gasteiger partial charge on any atom is -0.145 e. The Hall–Kier alpha value is -0.300. The Kier molecular flexibility index (Phi) is 2.46. The van der Waals surface area contributed by atoms with Gasteiger partial charge in [-0.15, -0.1) is 11.3 Å². The number of rotatable bonds is 0. The molecular formula is C13H20S. The Labute approximate surface area is 91.4 Å². The van der Waals surface area contributed by atoms with Crippen molar-refractivity contribution >= 4 is 11.3 Å². The third-order valence-electron chi connectivity index (χ3n) is 3.07. The van der Waals surface area contributed by atoms with Gasteiger partial charge in [0.1, 0.15) is 0 Å². The molecule has 1 aliphatic carbocycles. The summed E-state index contributed by atoms with van der Waals surface area (Å²) in [6.07, 6.45) is 4.01. The second-order valence-electron chi connectivity index (χ2n) is 5.66. The zero-order valence-corrected chi connectivity index (χ0v) is 10.5. The van der Waals surface area contributed by atoms with E-state index in [-0.39, 0.29) is 0 Å². The quantitative estimate of drug-likeness (QED) is 0.600. The second-order valence-corrected chi connectivity index (χ2v) is 6.79. The Bertz CT molecular complexity index is 327. The predicted octanol–water partition coefficient (Wildman–Crippen LogP) is 4.17. The fourth-order valence-corrected chi connectivity index (χ4v) is 3.34. The highest BCUT2D eigenvalue weighted by molar-refractivity contribution is 7.12. The predicted molar refractivity (Wildman–Crippen MR) is 64.2 cm³/mol. The van der Waals surface area contributed by atoms with E-state index in [0.29, 0.717) is 5.41 Å². The lowest BCUT2D eigenvalue weighted by molar-refractivity contribution is 0.506. The SMILES string of the molecule is CC1CCc2sc(C(C)(C)C)cc2C1. The van der Waals surface area contributed by atoms with E-state index in [1.807, 2.05) is 11.3 Å². The zero-order valence-electron chi connectivity index (χ0n) is 9.68. The summed E-state index contributed by atoms with van der Waals surface area (Å²) in [5, 5.41) is 0. The third kappa shape index (κ3) is 1.88. The largest absolute Gasteiger partial charge is 0.145 e. The molecule has 0 saturated heterocycles. The molecule has 1 aliphatic rings. The van der Waals surface area contributed by atoms with Gasteiger partial charge in [0.15, 0.2) is 0 Å². The maximum absolute atomic E-state index is 2.45. The lowest BCUT2D eigenvalue weighted by Crippen LogP contribution is -2.09. The van der Waals surface area contributed by atoms with Gasteiger partial charge >= 0.3 is 0 Å². The average Bonchev–Trinajstić information content (AvgIpc) is 2.45. The lowest BCUT2D eigenvalue weighted by Gasteiger charge is -2.17. The van der Waals surface area contributed by atoms with Crippen LogP contribution < -0.4 is 0 Å². The molecule has 0 amide bonds. The summed E-state index contributed by atoms with van der Waals surface area (Å²) >= 11 is 2.04. The molecule has 1 aromatic heterocycles. The maximum Gasteiger partial charge on any atom is 0.0105 e. The van der Waals surface area contributed by atoms with E-state index in [0.717, 1.165) is 5.92 Å². The van der Waals surface area contributed by atoms with E-state index in [4.69, 9.17) is 0 Å². The molecule has 0 saturated carbocycles. The molecule has 14 heavy (non-hydrogen) atoms. The highest BCUT2D eigenvalue weighted by Crippen LogP contribution is 2.37. The Morgan fingerprint density at radius 1 is 1.36 bits per heavy atom. The van der Waals surface area contributed by atoms with E-state index in [1.165, 1.54) is 19.3 Å². The monoisotopic (exact) mass is 208 g/mol. The molecule has 1 unspecified atom stereocenters. The number of hydrogen-bond donors (Lipinski definition) is 0. The Balaban J connectivity index is 2.32. The smallest absolute Gasteiger partial charge is 0.0105 e. The number of aryl methyl sites for hydroxylation is 1. The van der Waals surface area contributed by atoms with Crippen LogP contribution in [0.2, 0.25) is 0 Å². The summed E-state index contributed by atoms with van der Waals surface area (Å²) in [7, 11) is 0. The van der Waals surface area contributed by atoms with Crippen LogP contribution in [0.25, 0.3) is 0 Å². The first-order chi connectivity index (χ1) is 6.47. The van der Waals surface area contributed by atoms with Gasteiger partial charge in [0.25, 0.3) is 0 Å². The van der Waals surface area contributed by atoms with Crippen molar-refractivity contribution in [1.29, 1.82) is 0 Å². The molecule has 1 heteroatoms. The zero-order chi connectivity index (χ0) is 10.3. The molecule has 0 nitrogen and oxygen atoms in total. The van der Waals surface area contributed by atoms with Crippen LogP contribution in [0.1, 0.15) is 49.4 Å². The molecule has 0 radical (unpaired) electrons. The first-order valence-corrected chi connectivity index (χ1v) is 6.40. The fourth-order valence-electron chi connectivity index (χ4n) is 2.08. The fraction of sp³-hybridized carbons (Fsp3) is 0.692. The van der Waals surface area contributed by atoms with Gasteiger partial charge < -0.3 is 0 Å². The van der Waals surface area contributed by atoms with Crippen molar-refractivity contribution in [3.8, 4) is 0 Å². The van der Waals surface area contributed by atoms with E-state index in [9.17, 15) is 0 Å². The standard InChI is InChI=1S/C13H20S/c1-9-5-6-11-10(7-9)8-12(14-11)13(2,3)4/h8-9H,5-7H2,1-4H3. The van der Waals surface area contributed by atoms with E-state index < -0.39 is 0 Å². The van der Waals surface area contributed by atoms with Crippen molar-refractivity contribution in [2.45, 2.75) is 52.4 Å². The molecular weight excluding hydrogens is 188 g/mol. The summed E-state index contributed by atoms with van der Waals surface area (Å²) in [6, 6.07) is 2.45. The molecule has 0 aliphatic heterocycles. The molecule has 0 bridgehead atoms. The number of thiophene rings is 1.